The van der Waals surface area contributed by atoms with Crippen molar-refractivity contribution in [2.45, 2.75) is 205 Å². The molecule has 0 bridgehead atoms. The molecule has 3 fully saturated rings. The molecule has 452 valence electrons. The first kappa shape index (κ1) is 64.8. The number of hydrogen-bond acceptors (Lipinski definition) is 20. The van der Waals surface area contributed by atoms with Crippen LogP contribution in [-0.2, 0) is 71.7 Å². The minimum atomic E-state index is -2.01. The van der Waals surface area contributed by atoms with Gasteiger partial charge in [-0.15, -0.1) is 0 Å². The van der Waals surface area contributed by atoms with Crippen molar-refractivity contribution < 1.29 is 87.4 Å². The number of pyridine rings is 1. The number of esters is 1. The Morgan fingerprint density at radius 2 is 1.66 bits per heavy atom. The smallest absolute Gasteiger partial charge is 0.407 e. The minimum Gasteiger partial charge on any atom is -0.477 e. The topological polar surface area (TPSA) is 294 Å². The van der Waals surface area contributed by atoms with Crippen LogP contribution < -0.4 is 10.7 Å². The van der Waals surface area contributed by atoms with E-state index in [1.807, 2.05) is 30.5 Å². The lowest BCUT2D eigenvalue weighted by molar-refractivity contribution is -0.317. The Bertz CT molecular complexity index is 2520. The van der Waals surface area contributed by atoms with Gasteiger partial charge in [0.1, 0.15) is 29.0 Å². The number of carbonyl (C=O) groups is 3. The number of alkyl carbamates (subject to hydrolysis) is 1. The summed E-state index contributed by atoms with van der Waals surface area (Å²) in [6, 6.07) is 3.44. The molecule has 1 unspecified atom stereocenters. The fraction of sp³-hybridized carbons (Fsp3) is 0.772. The van der Waals surface area contributed by atoms with Crippen LogP contribution in [0.15, 0.2) is 28.3 Å². The van der Waals surface area contributed by atoms with Crippen molar-refractivity contribution in [2.75, 3.05) is 54.9 Å². The Morgan fingerprint density at radius 3 is 2.31 bits per heavy atom. The number of carbonyl (C=O) groups excluding carboxylic acids is 2. The van der Waals surface area contributed by atoms with E-state index < -0.39 is 119 Å². The van der Waals surface area contributed by atoms with Crippen molar-refractivity contribution in [2.24, 2.45) is 28.8 Å². The zero-order valence-corrected chi connectivity index (χ0v) is 49.2. The molecule has 6 N–H and O–H groups in total. The summed E-state index contributed by atoms with van der Waals surface area (Å²) in [5, 5.41) is 65.8. The van der Waals surface area contributed by atoms with Gasteiger partial charge in [-0.05, 0) is 111 Å². The normalized spacial score (nSPS) is 36.9. The van der Waals surface area contributed by atoms with E-state index >= 15 is 0 Å². The number of methoxy groups -OCH3 is 2. The van der Waals surface area contributed by atoms with Gasteiger partial charge in [0.15, 0.2) is 18.7 Å². The third-order valence-electron chi connectivity index (χ3n) is 16.8. The number of aryl methyl sites for hydroxylation is 3. The fourth-order valence-corrected chi connectivity index (χ4v) is 12.4. The fourth-order valence-electron chi connectivity index (χ4n) is 12.4. The molecular weight excluding hydrogens is 1040 g/mol. The predicted molar refractivity (Wildman–Crippen MR) is 292 cm³/mol. The van der Waals surface area contributed by atoms with Gasteiger partial charge in [0.05, 0.1) is 59.9 Å². The zero-order chi connectivity index (χ0) is 59.2. The van der Waals surface area contributed by atoms with E-state index in [4.69, 9.17) is 47.5 Å². The number of amides is 1. The number of cyclic esters (lactones) is 1. The number of hydrogen-bond donors (Lipinski definition) is 6. The maximum atomic E-state index is 14.6. The average Bonchev–Trinajstić information content (AvgIpc) is 4.02. The van der Waals surface area contributed by atoms with Crippen LogP contribution in [0.5, 0.6) is 0 Å². The highest BCUT2D eigenvalue weighted by Gasteiger charge is 2.54. The molecule has 5 heterocycles. The number of carboxylic acid groups (broad SMARTS) is 1. The lowest BCUT2D eigenvalue weighted by Gasteiger charge is -2.49. The van der Waals surface area contributed by atoms with Gasteiger partial charge in [0.25, 0.3) is 0 Å². The summed E-state index contributed by atoms with van der Waals surface area (Å²) in [6.45, 7) is 17.8. The molecule has 1 amide bonds. The van der Waals surface area contributed by atoms with Gasteiger partial charge < -0.3 is 87.8 Å². The summed E-state index contributed by atoms with van der Waals surface area (Å²) in [5.74, 6) is -5.68. The summed E-state index contributed by atoms with van der Waals surface area (Å²) in [5.41, 5.74) is -2.83. The maximum absolute atomic E-state index is 14.6. The zero-order valence-electron chi connectivity index (χ0n) is 49.2. The van der Waals surface area contributed by atoms with E-state index in [0.717, 1.165) is 16.6 Å². The van der Waals surface area contributed by atoms with Crippen molar-refractivity contribution >= 4 is 34.6 Å². The lowest BCUT2D eigenvalue weighted by Crippen LogP contribution is -2.61. The molecular formula is C57H90N4O19. The molecule has 0 saturated carbocycles. The van der Waals surface area contributed by atoms with Crippen LogP contribution in [0.1, 0.15) is 123 Å². The monoisotopic (exact) mass is 1130 g/mol. The predicted octanol–water partition coefficient (Wildman–Crippen LogP) is 4.15. The van der Waals surface area contributed by atoms with Crippen LogP contribution in [0.4, 0.5) is 4.79 Å². The highest BCUT2D eigenvalue weighted by molar-refractivity contribution is 5.94. The molecule has 80 heavy (non-hydrogen) atoms. The summed E-state index contributed by atoms with van der Waals surface area (Å²) < 4.78 is 57.4. The van der Waals surface area contributed by atoms with E-state index in [-0.39, 0.29) is 62.6 Å². The van der Waals surface area contributed by atoms with Crippen LogP contribution in [0, 0.1) is 23.7 Å². The van der Waals surface area contributed by atoms with Crippen molar-refractivity contribution in [3.63, 3.8) is 0 Å². The summed E-state index contributed by atoms with van der Waals surface area (Å²) in [4.78, 5) is 60.1. The number of likely N-dealkylation sites (N-methyl/N-ethyl adjacent to an activating group) is 1. The first-order valence-electron chi connectivity index (χ1n) is 28.1. The first-order valence-corrected chi connectivity index (χ1v) is 28.1. The summed E-state index contributed by atoms with van der Waals surface area (Å²) in [6.07, 6.45) is -7.81. The number of benzene rings is 1. The van der Waals surface area contributed by atoms with Crippen LogP contribution in [-0.4, -0.2) is 198 Å². The third kappa shape index (κ3) is 14.7. The molecule has 4 aliphatic heterocycles. The second-order valence-corrected chi connectivity index (χ2v) is 23.4. The standard InChI is InChI=1S/C57H90N4O19/c1-15-41-57(10,70)48(64)32(4)43(59-74-29-71-13)30(2)26-55(8,69)49(79-53-46(63)40(60(11)12)23-31(3)75-53)33(5)47(34(6)52(67)77-41)78-42-27-56(9,72-14)50(35(7)76-42)80-54(68)58-19-22-73-21-16-17-36-24-37-18-20-61-28-39(51(65)66)45(62)38(25-36)44(37)61/h24-25,28,30-35,40-42,46-50,53,63-64,69-70H,15-23,26-27,29H2,1-14H3,(H,58,68)(H,65,66)/b59-43+/t30-,31-,32+,33+,34-,35+,40+,41-,42+,46-,47+,48-,49-,50+,53?,55-,56-,57-/m1/s1. The number of aromatic carboxylic acids is 1. The van der Waals surface area contributed by atoms with Gasteiger partial charge in [-0.25, -0.2) is 9.59 Å². The molecule has 3 saturated heterocycles. The number of nitrogens with zero attached hydrogens (tertiary/aromatic N) is 3. The van der Waals surface area contributed by atoms with Gasteiger partial charge >= 0.3 is 18.0 Å². The molecule has 18 atom stereocenters. The van der Waals surface area contributed by atoms with Crippen molar-refractivity contribution in [3.05, 3.63) is 45.2 Å². The Morgan fingerprint density at radius 1 is 0.950 bits per heavy atom. The molecule has 2 aromatic rings. The number of oxime groups is 1. The van der Waals surface area contributed by atoms with Gasteiger partial charge in [0.2, 0.25) is 12.2 Å². The van der Waals surface area contributed by atoms with E-state index in [9.17, 15) is 44.7 Å². The molecule has 1 aromatic carbocycles. The van der Waals surface area contributed by atoms with Crippen LogP contribution in [0.25, 0.3) is 10.9 Å². The van der Waals surface area contributed by atoms with Crippen molar-refractivity contribution in [1.29, 1.82) is 0 Å². The SMILES string of the molecule is CC[C@H]1OC(=O)[C@H](C)[C@@H](O[C@H]2C[C@@](C)(OC)[C@@H](OC(=O)NCCOCCCc3cc4c5c(c3)c(=O)c(C(=O)O)cn5CC4)[C@H](C)O2)[C@H](C)[C@@H](OC2O[C@H](C)C[C@H](N(C)C)[C@H]2O)[C@](C)(O)C[C@@H](C)/C(=N\OCOC)[C@H](C)[C@@H](O)[C@]1(C)O. The number of aromatic nitrogens is 1. The molecule has 1 aromatic heterocycles. The van der Waals surface area contributed by atoms with Gasteiger partial charge in [0, 0.05) is 75.7 Å². The highest BCUT2D eigenvalue weighted by atomic mass is 16.7. The Balaban J connectivity index is 1.18. The minimum absolute atomic E-state index is 0.0153. The summed E-state index contributed by atoms with van der Waals surface area (Å²) >= 11 is 0. The van der Waals surface area contributed by atoms with Crippen molar-refractivity contribution in [3.8, 4) is 0 Å². The van der Waals surface area contributed by atoms with Crippen LogP contribution >= 0.6 is 0 Å². The lowest BCUT2D eigenvalue weighted by atomic mass is 9.73. The Labute approximate surface area is 469 Å². The van der Waals surface area contributed by atoms with Crippen LogP contribution in [0.2, 0.25) is 0 Å². The number of aliphatic hydroxyl groups excluding tert-OH is 2. The van der Waals surface area contributed by atoms with E-state index in [1.165, 1.54) is 27.3 Å². The number of nitrogens with one attached hydrogen (secondary N) is 1. The average molecular weight is 1140 g/mol. The second kappa shape index (κ2) is 27.3. The third-order valence-corrected chi connectivity index (χ3v) is 16.8. The van der Waals surface area contributed by atoms with E-state index in [2.05, 4.69) is 16.5 Å². The molecule has 0 radical (unpaired) electrons. The highest BCUT2D eigenvalue weighted by Crippen LogP contribution is 2.42. The molecule has 23 nitrogen and oxygen atoms in total. The number of ether oxygens (including phenoxy) is 9. The summed E-state index contributed by atoms with van der Waals surface area (Å²) in [7, 11) is 6.59. The van der Waals surface area contributed by atoms with Gasteiger partial charge in [-0.3, -0.25) is 9.59 Å². The molecule has 0 spiro atoms. The van der Waals surface area contributed by atoms with Crippen molar-refractivity contribution in [1.82, 2.24) is 14.8 Å². The molecule has 23 heteroatoms. The van der Waals surface area contributed by atoms with E-state index in [1.54, 1.807) is 61.5 Å². The van der Waals surface area contributed by atoms with Gasteiger partial charge in [-0.1, -0.05) is 38.9 Å². The first-order chi connectivity index (χ1) is 37.6. The quantitative estimate of drug-likeness (QED) is 0.0498. The van der Waals surface area contributed by atoms with Crippen LogP contribution in [0.3, 0.4) is 0 Å². The Kier molecular flexibility index (Phi) is 22.2. The molecule has 6 rings (SSSR count). The molecule has 4 aliphatic rings. The number of carboxylic acids is 1. The van der Waals surface area contributed by atoms with E-state index in [0.29, 0.717) is 44.2 Å². The van der Waals surface area contributed by atoms with Gasteiger partial charge in [-0.2, -0.15) is 0 Å². The number of aliphatic hydroxyl groups is 4. The second-order valence-electron chi connectivity index (χ2n) is 23.4. The number of rotatable bonds is 19. The maximum Gasteiger partial charge on any atom is 0.407 e. The Hall–Kier alpha value is -4.37. The molecule has 0 aliphatic carbocycles. The largest absolute Gasteiger partial charge is 0.477 e.